The van der Waals surface area contributed by atoms with Gasteiger partial charge in [-0.2, -0.15) is 0 Å². The second kappa shape index (κ2) is 13.9. The summed E-state index contributed by atoms with van der Waals surface area (Å²) in [5.74, 6) is 2.52. The number of hydrogen-bond acceptors (Lipinski definition) is 4. The predicted molar refractivity (Wildman–Crippen MR) is 156 cm³/mol. The molecule has 0 heterocycles. The van der Waals surface area contributed by atoms with Crippen molar-refractivity contribution in [1.82, 2.24) is 0 Å². The number of halogens is 1. The third-order valence-corrected chi connectivity index (χ3v) is 11.5. The van der Waals surface area contributed by atoms with E-state index in [-0.39, 0.29) is 24.0 Å². The fourth-order valence-corrected chi connectivity index (χ4v) is 9.67. The molecule has 0 saturated heterocycles. The molecule has 4 aromatic carbocycles. The van der Waals surface area contributed by atoms with E-state index in [9.17, 15) is 0 Å². The van der Waals surface area contributed by atoms with Crippen molar-refractivity contribution in [2.24, 2.45) is 0 Å². The minimum absolute atomic E-state index is 0. The van der Waals surface area contributed by atoms with Crippen LogP contribution in [-0.4, -0.2) is 34.6 Å². The van der Waals surface area contributed by atoms with Crippen LogP contribution < -0.4 is 58.8 Å². The van der Waals surface area contributed by atoms with Crippen molar-refractivity contribution in [2.75, 3.05) is 34.6 Å². The molecule has 0 N–H and O–H groups in total. The van der Waals surface area contributed by atoms with Crippen LogP contribution in [0.1, 0.15) is 17.5 Å². The van der Waals surface area contributed by atoms with Crippen LogP contribution in [0.3, 0.4) is 0 Å². The van der Waals surface area contributed by atoms with E-state index in [4.69, 9.17) is 18.9 Å². The first-order valence-corrected chi connectivity index (χ1v) is 14.5. The maximum absolute atomic E-state index is 5.88. The third kappa shape index (κ3) is 5.64. The lowest BCUT2D eigenvalue weighted by atomic mass is 10.00. The Bertz CT molecular complexity index is 1200. The highest BCUT2D eigenvalue weighted by Crippen LogP contribution is 2.56. The topological polar surface area (TPSA) is 36.9 Å². The Labute approximate surface area is 244 Å². The molecule has 0 amide bonds. The molecule has 0 saturated carbocycles. The molecule has 0 radical (unpaired) electrons. The minimum atomic E-state index is -1.91. The van der Waals surface area contributed by atoms with Crippen LogP contribution in [0.4, 0.5) is 0 Å². The predicted octanol–water partition coefficient (Wildman–Crippen LogP) is 2.96. The van der Waals surface area contributed by atoms with Crippen LogP contribution in [0, 0.1) is 6.92 Å². The van der Waals surface area contributed by atoms with E-state index in [1.807, 2.05) is 0 Å². The van der Waals surface area contributed by atoms with Crippen LogP contribution in [0.5, 0.6) is 23.0 Å². The van der Waals surface area contributed by atoms with Gasteiger partial charge in [-0.15, -0.1) is 0 Å². The fourth-order valence-electron chi connectivity index (χ4n) is 5.33. The number of hydrogen-bond donors (Lipinski definition) is 0. The normalized spacial score (nSPS) is 10.9. The third-order valence-electron chi connectivity index (χ3n) is 7.01. The van der Waals surface area contributed by atoms with Gasteiger partial charge >= 0.3 is 0 Å². The van der Waals surface area contributed by atoms with Crippen molar-refractivity contribution in [2.45, 2.75) is 19.8 Å². The number of ether oxygens (including phenoxy) is 4. The average molecular weight is 643 g/mol. The molecule has 4 nitrogen and oxygen atoms in total. The lowest BCUT2D eigenvalue weighted by Crippen LogP contribution is -3.00. The molecule has 0 atom stereocenters. The van der Waals surface area contributed by atoms with E-state index in [1.54, 1.807) is 28.4 Å². The molecular weight excluding hydrogens is 606 g/mol. The molecule has 0 aromatic heterocycles. The Morgan fingerprint density at radius 1 is 0.526 bits per heavy atom. The second-order valence-electron chi connectivity index (χ2n) is 8.88. The monoisotopic (exact) mass is 642 g/mol. The van der Waals surface area contributed by atoms with Gasteiger partial charge in [-0.1, -0.05) is 54.6 Å². The summed E-state index contributed by atoms with van der Waals surface area (Å²) in [5.41, 5.74) is 2.10. The van der Waals surface area contributed by atoms with Gasteiger partial charge in [0.05, 0.1) is 34.6 Å². The lowest BCUT2D eigenvalue weighted by molar-refractivity contribution is -0.00000836. The van der Waals surface area contributed by atoms with Crippen LogP contribution in [0.15, 0.2) is 91.0 Å². The van der Waals surface area contributed by atoms with Crippen LogP contribution in [0.25, 0.3) is 0 Å². The van der Waals surface area contributed by atoms with Crippen molar-refractivity contribution in [3.05, 3.63) is 102 Å². The zero-order valence-corrected chi connectivity index (χ0v) is 25.8. The van der Waals surface area contributed by atoms with Gasteiger partial charge in [0.25, 0.3) is 0 Å². The summed E-state index contributed by atoms with van der Waals surface area (Å²) in [4.78, 5) is 0. The van der Waals surface area contributed by atoms with Gasteiger partial charge < -0.3 is 42.9 Å². The summed E-state index contributed by atoms with van der Waals surface area (Å²) in [6.45, 7) is 2.06. The second-order valence-corrected chi connectivity index (χ2v) is 12.5. The highest BCUT2D eigenvalue weighted by molar-refractivity contribution is 7.95. The molecule has 0 aliphatic heterocycles. The van der Waals surface area contributed by atoms with Crippen molar-refractivity contribution in [3.8, 4) is 23.0 Å². The maximum atomic E-state index is 5.88. The summed E-state index contributed by atoms with van der Waals surface area (Å²) in [7, 11) is 4.69. The van der Waals surface area contributed by atoms with Crippen LogP contribution >= 0.6 is 7.26 Å². The van der Waals surface area contributed by atoms with E-state index < -0.39 is 7.26 Å². The Morgan fingerprint density at radius 2 is 0.895 bits per heavy atom. The number of benzene rings is 4. The molecule has 4 rings (SSSR count). The van der Waals surface area contributed by atoms with Gasteiger partial charge in [0.2, 0.25) is 11.5 Å². The number of methoxy groups -OCH3 is 4. The first kappa shape index (κ1) is 29.8. The Balaban J connectivity index is 0.00000400. The van der Waals surface area contributed by atoms with E-state index >= 15 is 0 Å². The molecular formula is C32H36IO4P. The maximum Gasteiger partial charge on any atom is 0.207 e. The molecule has 38 heavy (non-hydrogen) atoms. The summed E-state index contributed by atoms with van der Waals surface area (Å²) in [6.07, 6.45) is 2.80. The molecule has 6 heteroatoms. The molecule has 200 valence electrons. The molecule has 0 spiro atoms. The summed E-state index contributed by atoms with van der Waals surface area (Å²) < 4.78 is 23.0. The van der Waals surface area contributed by atoms with Gasteiger partial charge in [0.1, 0.15) is 23.2 Å². The largest absolute Gasteiger partial charge is 1.00 e. The highest BCUT2D eigenvalue weighted by Gasteiger charge is 2.44. The lowest BCUT2D eigenvalue weighted by Gasteiger charge is -2.28. The van der Waals surface area contributed by atoms with Crippen molar-refractivity contribution >= 4 is 23.2 Å². The van der Waals surface area contributed by atoms with E-state index in [0.29, 0.717) is 23.0 Å². The standard InChI is InChI=1S/C32H36O4P.HI/c1-24-28(30(34-3)32(36-5)31(35-4)29(24)33-2)22-15-23-37(25-16-9-6-10-17-25,26-18-11-7-12-19-26)27-20-13-8-14-21-27;/h6-14,16-21H,15,22-23H2,1-5H3;1H/q+1;/p-1. The van der Waals surface area contributed by atoms with Crippen LogP contribution in [0.2, 0.25) is 0 Å². The van der Waals surface area contributed by atoms with Gasteiger partial charge in [-0.3, -0.25) is 0 Å². The van der Waals surface area contributed by atoms with E-state index in [0.717, 1.165) is 30.1 Å². The Kier molecular flexibility index (Phi) is 10.9. The smallest absolute Gasteiger partial charge is 0.207 e. The van der Waals surface area contributed by atoms with Crippen molar-refractivity contribution < 1.29 is 42.9 Å². The first-order valence-electron chi connectivity index (χ1n) is 12.5. The first-order chi connectivity index (χ1) is 18.1. The quantitative estimate of drug-likeness (QED) is 0.187. The van der Waals surface area contributed by atoms with Crippen molar-refractivity contribution in [3.63, 3.8) is 0 Å². The van der Waals surface area contributed by atoms with E-state index in [2.05, 4.69) is 97.9 Å². The average Bonchev–Trinajstić information content (AvgIpc) is 2.96. The molecule has 4 aromatic rings. The highest BCUT2D eigenvalue weighted by atomic mass is 127. The number of rotatable bonds is 11. The van der Waals surface area contributed by atoms with Gasteiger partial charge in [0, 0.05) is 11.1 Å². The molecule has 0 bridgehead atoms. The zero-order chi connectivity index (χ0) is 26.3. The van der Waals surface area contributed by atoms with Gasteiger partial charge in [-0.05, 0) is 56.2 Å². The molecule has 0 aliphatic carbocycles. The zero-order valence-electron chi connectivity index (χ0n) is 22.7. The molecule has 0 unspecified atom stereocenters. The Morgan fingerprint density at radius 3 is 1.26 bits per heavy atom. The SMILES string of the molecule is COc1c(C)c(CCC[P+](c2ccccc2)(c2ccccc2)c2ccccc2)c(OC)c(OC)c1OC.[I-]. The summed E-state index contributed by atoms with van der Waals surface area (Å²) in [6, 6.07) is 33.0. The Hall–Kier alpha value is -2.76. The van der Waals surface area contributed by atoms with Gasteiger partial charge in [-0.25, -0.2) is 0 Å². The van der Waals surface area contributed by atoms with Crippen LogP contribution in [-0.2, 0) is 6.42 Å². The van der Waals surface area contributed by atoms with Gasteiger partial charge in [0.15, 0.2) is 11.5 Å². The van der Waals surface area contributed by atoms with E-state index in [1.165, 1.54) is 15.9 Å². The van der Waals surface area contributed by atoms with Crippen molar-refractivity contribution in [1.29, 1.82) is 0 Å². The minimum Gasteiger partial charge on any atom is -1.00 e. The summed E-state index contributed by atoms with van der Waals surface area (Å²) >= 11 is 0. The molecule has 0 fully saturated rings. The fraction of sp³-hybridized carbons (Fsp3) is 0.250. The summed E-state index contributed by atoms with van der Waals surface area (Å²) in [5, 5.41) is 4.17. The molecule has 0 aliphatic rings.